The summed E-state index contributed by atoms with van der Waals surface area (Å²) in [5.41, 5.74) is -0.0445. The van der Waals surface area contributed by atoms with Crippen molar-refractivity contribution in [2.75, 3.05) is 6.54 Å². The van der Waals surface area contributed by atoms with E-state index in [1.165, 1.54) is 6.07 Å². The van der Waals surface area contributed by atoms with Gasteiger partial charge in [0.2, 0.25) is 0 Å². The first-order chi connectivity index (χ1) is 7.97. The number of nitrogens with one attached hydrogen (secondary N) is 1. The van der Waals surface area contributed by atoms with Gasteiger partial charge in [0.25, 0.3) is 0 Å². The monoisotopic (exact) mass is 263 g/mol. The van der Waals surface area contributed by atoms with E-state index in [1.54, 1.807) is 6.07 Å². The van der Waals surface area contributed by atoms with Gasteiger partial charge in [-0.2, -0.15) is 13.2 Å². The van der Waals surface area contributed by atoms with Crippen LogP contribution in [0.15, 0.2) is 18.2 Å². The van der Waals surface area contributed by atoms with Crippen LogP contribution in [0.3, 0.4) is 0 Å². The minimum absolute atomic E-state index is 0.0106. The molecule has 5 heteroatoms. The van der Waals surface area contributed by atoms with Crippen LogP contribution in [0.25, 0.3) is 0 Å². The molecule has 1 saturated heterocycles. The largest absolute Gasteiger partial charge is 0.416 e. The zero-order chi connectivity index (χ0) is 12.5. The lowest BCUT2D eigenvalue weighted by molar-refractivity contribution is -0.137. The molecular formula is C12H13ClF3N. The van der Waals surface area contributed by atoms with Crippen LogP contribution in [0, 0.1) is 0 Å². The van der Waals surface area contributed by atoms with Crippen LogP contribution in [0.1, 0.15) is 36.4 Å². The molecule has 1 aliphatic rings. The molecule has 0 aromatic heterocycles. The first kappa shape index (κ1) is 12.7. The molecule has 0 radical (unpaired) electrons. The van der Waals surface area contributed by atoms with Crippen molar-refractivity contribution >= 4 is 11.6 Å². The van der Waals surface area contributed by atoms with E-state index in [1.807, 2.05) is 0 Å². The van der Waals surface area contributed by atoms with Crippen molar-refractivity contribution in [1.29, 1.82) is 0 Å². The van der Waals surface area contributed by atoms with E-state index < -0.39 is 11.7 Å². The summed E-state index contributed by atoms with van der Waals surface area (Å²) in [6.45, 7) is 0.846. The summed E-state index contributed by atoms with van der Waals surface area (Å²) in [6.07, 6.45) is -1.37. The molecule has 0 bridgehead atoms. The highest BCUT2D eigenvalue weighted by molar-refractivity contribution is 6.30. The number of halogens is 4. The fourth-order valence-corrected chi connectivity index (χ4v) is 2.36. The van der Waals surface area contributed by atoms with Gasteiger partial charge in [0.05, 0.1) is 5.56 Å². The van der Waals surface area contributed by atoms with Gasteiger partial charge < -0.3 is 5.32 Å². The Bertz CT molecular complexity index is 397. The van der Waals surface area contributed by atoms with E-state index in [0.717, 1.165) is 31.9 Å². The molecule has 1 N–H and O–H groups in total. The molecule has 0 unspecified atom stereocenters. The first-order valence-corrected chi connectivity index (χ1v) is 5.96. The number of rotatable bonds is 1. The first-order valence-electron chi connectivity index (χ1n) is 5.58. The van der Waals surface area contributed by atoms with E-state index in [0.29, 0.717) is 5.56 Å². The summed E-state index contributed by atoms with van der Waals surface area (Å²) in [4.78, 5) is 0. The highest BCUT2D eigenvalue weighted by Crippen LogP contribution is 2.34. The Hall–Kier alpha value is -0.740. The Morgan fingerprint density at radius 3 is 2.53 bits per heavy atom. The Balaban J connectivity index is 2.31. The van der Waals surface area contributed by atoms with E-state index in [9.17, 15) is 13.2 Å². The molecule has 2 rings (SSSR count). The average Bonchev–Trinajstić information content (AvgIpc) is 2.28. The Morgan fingerprint density at radius 1 is 1.18 bits per heavy atom. The zero-order valence-corrected chi connectivity index (χ0v) is 9.91. The Labute approximate surface area is 103 Å². The molecule has 1 nitrogen and oxygen atoms in total. The minimum atomic E-state index is -4.34. The van der Waals surface area contributed by atoms with Gasteiger partial charge in [0.1, 0.15) is 0 Å². The van der Waals surface area contributed by atoms with Crippen LogP contribution < -0.4 is 5.32 Å². The van der Waals surface area contributed by atoms with Gasteiger partial charge in [-0.25, -0.2) is 0 Å². The normalized spacial score (nSPS) is 21.5. The quantitative estimate of drug-likeness (QED) is 0.802. The molecule has 94 valence electrons. The highest BCUT2D eigenvalue weighted by atomic mass is 35.5. The topological polar surface area (TPSA) is 12.0 Å². The summed E-state index contributed by atoms with van der Waals surface area (Å²) in [5, 5.41) is 3.36. The Morgan fingerprint density at radius 2 is 1.94 bits per heavy atom. The molecular weight excluding hydrogens is 251 g/mol. The molecule has 1 fully saturated rings. The third kappa shape index (κ3) is 3.13. The van der Waals surface area contributed by atoms with Gasteiger partial charge in [-0.1, -0.05) is 18.0 Å². The lowest BCUT2D eigenvalue weighted by atomic mass is 9.96. The van der Waals surface area contributed by atoms with Crippen molar-refractivity contribution in [1.82, 2.24) is 5.32 Å². The standard InChI is InChI=1S/C12H13ClF3N/c13-10-6-8(11-3-1-2-4-17-11)5-9(7-10)12(14,15)16/h5-7,11,17H,1-4H2/t11-/m1/s1. The maximum absolute atomic E-state index is 12.6. The van der Waals surface area contributed by atoms with Gasteiger partial charge in [0, 0.05) is 11.1 Å². The minimum Gasteiger partial charge on any atom is -0.310 e. The molecule has 1 heterocycles. The molecule has 1 atom stereocenters. The summed E-state index contributed by atoms with van der Waals surface area (Å²) in [6, 6.07) is 3.76. The fraction of sp³-hybridized carbons (Fsp3) is 0.500. The highest BCUT2D eigenvalue weighted by Gasteiger charge is 2.31. The van der Waals surface area contributed by atoms with Crippen LogP contribution in [0.4, 0.5) is 13.2 Å². The van der Waals surface area contributed by atoms with Crippen molar-refractivity contribution in [3.05, 3.63) is 34.3 Å². The average molecular weight is 264 g/mol. The molecule has 0 amide bonds. The second-order valence-electron chi connectivity index (χ2n) is 4.27. The van der Waals surface area contributed by atoms with Gasteiger partial charge in [-0.3, -0.25) is 0 Å². The number of benzene rings is 1. The molecule has 0 aliphatic carbocycles. The smallest absolute Gasteiger partial charge is 0.310 e. The fourth-order valence-electron chi connectivity index (χ4n) is 2.11. The summed E-state index contributed by atoms with van der Waals surface area (Å²) in [7, 11) is 0. The zero-order valence-electron chi connectivity index (χ0n) is 9.15. The van der Waals surface area contributed by atoms with Crippen molar-refractivity contribution in [3.8, 4) is 0 Å². The maximum atomic E-state index is 12.6. The second-order valence-corrected chi connectivity index (χ2v) is 4.71. The molecule has 1 aliphatic heterocycles. The van der Waals surface area contributed by atoms with Gasteiger partial charge >= 0.3 is 6.18 Å². The molecule has 1 aromatic carbocycles. The van der Waals surface area contributed by atoms with E-state index in [2.05, 4.69) is 5.32 Å². The van der Waals surface area contributed by atoms with Crippen LogP contribution in [0.2, 0.25) is 5.02 Å². The molecule has 17 heavy (non-hydrogen) atoms. The van der Waals surface area contributed by atoms with Crippen molar-refractivity contribution in [2.45, 2.75) is 31.5 Å². The van der Waals surface area contributed by atoms with Crippen LogP contribution in [-0.4, -0.2) is 6.54 Å². The molecule has 1 aromatic rings. The van der Waals surface area contributed by atoms with Gasteiger partial charge in [0.15, 0.2) is 0 Å². The maximum Gasteiger partial charge on any atom is 0.416 e. The lowest BCUT2D eigenvalue weighted by Gasteiger charge is -2.24. The summed E-state index contributed by atoms with van der Waals surface area (Å²) < 4.78 is 37.9. The summed E-state index contributed by atoms with van der Waals surface area (Å²) in [5.74, 6) is 0. The number of alkyl halides is 3. The number of piperidine rings is 1. The Kier molecular flexibility index (Phi) is 3.64. The summed E-state index contributed by atoms with van der Waals surface area (Å²) >= 11 is 5.75. The van der Waals surface area contributed by atoms with Crippen LogP contribution in [-0.2, 0) is 6.18 Å². The van der Waals surface area contributed by atoms with Crippen molar-refractivity contribution in [3.63, 3.8) is 0 Å². The van der Waals surface area contributed by atoms with E-state index in [4.69, 9.17) is 11.6 Å². The molecule has 0 saturated carbocycles. The number of hydrogen-bond acceptors (Lipinski definition) is 1. The third-order valence-corrected chi connectivity index (χ3v) is 3.18. The van der Waals surface area contributed by atoms with E-state index >= 15 is 0 Å². The van der Waals surface area contributed by atoms with Gasteiger partial charge in [-0.05, 0) is 43.1 Å². The van der Waals surface area contributed by atoms with Gasteiger partial charge in [-0.15, -0.1) is 0 Å². The third-order valence-electron chi connectivity index (χ3n) is 2.96. The van der Waals surface area contributed by atoms with Crippen LogP contribution >= 0.6 is 11.6 Å². The second kappa shape index (κ2) is 4.86. The molecule has 0 spiro atoms. The SMILES string of the molecule is FC(F)(F)c1cc(Cl)cc([C@H]2CCCCN2)c1. The number of hydrogen-bond donors (Lipinski definition) is 1. The predicted octanol–water partition coefficient (Wildman–Crippen LogP) is 4.17. The van der Waals surface area contributed by atoms with Crippen LogP contribution in [0.5, 0.6) is 0 Å². The van der Waals surface area contributed by atoms with Crippen molar-refractivity contribution < 1.29 is 13.2 Å². The lowest BCUT2D eigenvalue weighted by Crippen LogP contribution is -2.27. The predicted molar refractivity (Wildman–Crippen MR) is 61.0 cm³/mol. The van der Waals surface area contributed by atoms with Crippen molar-refractivity contribution in [2.24, 2.45) is 0 Å². The van der Waals surface area contributed by atoms with E-state index in [-0.39, 0.29) is 11.1 Å².